The van der Waals surface area contributed by atoms with Crippen molar-refractivity contribution in [3.05, 3.63) is 58.1 Å². The van der Waals surface area contributed by atoms with Crippen molar-refractivity contribution in [2.45, 2.75) is 12.3 Å². The minimum Gasteiger partial charge on any atom is -0.369 e. The molecule has 0 saturated carbocycles. The van der Waals surface area contributed by atoms with E-state index in [0.29, 0.717) is 21.6 Å². The van der Waals surface area contributed by atoms with Crippen molar-refractivity contribution in [2.75, 3.05) is 18.0 Å². The van der Waals surface area contributed by atoms with E-state index < -0.39 is 0 Å². The quantitative estimate of drug-likeness (QED) is 0.829. The Morgan fingerprint density at radius 1 is 1.33 bits per heavy atom. The molecule has 3 nitrogen and oxygen atoms in total. The van der Waals surface area contributed by atoms with Crippen LogP contribution in [0.15, 0.2) is 41.1 Å². The summed E-state index contributed by atoms with van der Waals surface area (Å²) in [6.07, 6.45) is 4.56. The molecule has 0 N–H and O–H groups in total. The van der Waals surface area contributed by atoms with Crippen LogP contribution in [0.4, 0.5) is 10.1 Å². The van der Waals surface area contributed by atoms with Crippen LogP contribution in [0.3, 0.4) is 0 Å². The van der Waals surface area contributed by atoms with Crippen molar-refractivity contribution in [3.63, 3.8) is 0 Å². The van der Waals surface area contributed by atoms with Gasteiger partial charge in [-0.1, -0.05) is 0 Å². The number of hydrogen-bond donors (Lipinski definition) is 0. The molecule has 1 aliphatic rings. The third-order valence-electron chi connectivity index (χ3n) is 3.86. The fourth-order valence-corrected chi connectivity index (χ4v) is 3.17. The summed E-state index contributed by atoms with van der Waals surface area (Å²) in [5.74, 6) is 0.0481. The maximum Gasteiger partial charge on any atom is 0.147 e. The van der Waals surface area contributed by atoms with Crippen LogP contribution >= 0.6 is 15.9 Å². The molecule has 2 aromatic rings. The van der Waals surface area contributed by atoms with Crippen LogP contribution in [0, 0.1) is 17.1 Å². The lowest BCUT2D eigenvalue weighted by Crippen LogP contribution is -2.20. The summed E-state index contributed by atoms with van der Waals surface area (Å²) < 4.78 is 14.8. The van der Waals surface area contributed by atoms with Gasteiger partial charge in [0.05, 0.1) is 11.3 Å². The van der Waals surface area contributed by atoms with E-state index in [1.54, 1.807) is 18.5 Å². The Balaban J connectivity index is 1.84. The van der Waals surface area contributed by atoms with Crippen molar-refractivity contribution in [1.82, 2.24) is 4.98 Å². The van der Waals surface area contributed by atoms with Gasteiger partial charge in [0, 0.05) is 35.9 Å². The van der Waals surface area contributed by atoms with Gasteiger partial charge >= 0.3 is 0 Å². The van der Waals surface area contributed by atoms with Crippen LogP contribution in [-0.4, -0.2) is 18.1 Å². The second kappa shape index (κ2) is 5.82. The van der Waals surface area contributed by atoms with Crippen molar-refractivity contribution >= 4 is 21.6 Å². The topological polar surface area (TPSA) is 39.9 Å². The number of nitrogens with zero attached hydrogens (tertiary/aromatic N) is 3. The summed E-state index contributed by atoms with van der Waals surface area (Å²) >= 11 is 3.32. The lowest BCUT2D eigenvalue weighted by molar-refractivity contribution is 0.621. The van der Waals surface area contributed by atoms with E-state index in [-0.39, 0.29) is 5.82 Å². The Morgan fingerprint density at radius 3 is 2.81 bits per heavy atom. The van der Waals surface area contributed by atoms with Crippen molar-refractivity contribution < 1.29 is 4.39 Å². The van der Waals surface area contributed by atoms with Gasteiger partial charge < -0.3 is 4.90 Å². The highest BCUT2D eigenvalue weighted by molar-refractivity contribution is 9.10. The maximum absolute atomic E-state index is 14.2. The van der Waals surface area contributed by atoms with Gasteiger partial charge in [-0.05, 0) is 52.2 Å². The zero-order valence-corrected chi connectivity index (χ0v) is 12.8. The molecular weight excluding hydrogens is 333 g/mol. The first-order valence-electron chi connectivity index (χ1n) is 6.73. The molecule has 0 spiro atoms. The second-order valence-corrected chi connectivity index (χ2v) is 5.96. The number of pyridine rings is 1. The molecule has 1 atom stereocenters. The summed E-state index contributed by atoms with van der Waals surface area (Å²) in [6, 6.07) is 8.99. The second-order valence-electron chi connectivity index (χ2n) is 5.11. The number of halogens is 2. The number of nitriles is 1. The minimum atomic E-state index is -0.342. The average molecular weight is 346 g/mol. The summed E-state index contributed by atoms with van der Waals surface area (Å²) in [6.45, 7) is 1.58. The molecule has 5 heteroatoms. The molecule has 0 amide bonds. The van der Waals surface area contributed by atoms with Crippen LogP contribution < -0.4 is 4.90 Å². The number of aromatic nitrogens is 1. The van der Waals surface area contributed by atoms with E-state index in [0.717, 1.165) is 19.5 Å². The Morgan fingerprint density at radius 2 is 2.10 bits per heavy atom. The minimum absolute atomic E-state index is 0.320. The van der Waals surface area contributed by atoms with Crippen molar-refractivity contribution in [2.24, 2.45) is 0 Å². The van der Waals surface area contributed by atoms with E-state index in [9.17, 15) is 4.39 Å². The normalized spacial score (nSPS) is 17.8. The van der Waals surface area contributed by atoms with E-state index in [2.05, 4.69) is 20.9 Å². The van der Waals surface area contributed by atoms with Crippen LogP contribution in [0.5, 0.6) is 0 Å². The highest BCUT2D eigenvalue weighted by Crippen LogP contribution is 2.34. The van der Waals surface area contributed by atoms with Gasteiger partial charge in [-0.2, -0.15) is 5.26 Å². The molecule has 0 aliphatic carbocycles. The molecule has 1 aliphatic heterocycles. The number of anilines is 1. The Hall–Kier alpha value is -1.93. The van der Waals surface area contributed by atoms with E-state index in [4.69, 9.17) is 5.26 Å². The molecule has 1 unspecified atom stereocenters. The molecule has 0 bridgehead atoms. The molecule has 0 radical (unpaired) electrons. The Labute approximate surface area is 131 Å². The Kier molecular flexibility index (Phi) is 3.89. The van der Waals surface area contributed by atoms with Gasteiger partial charge in [0.15, 0.2) is 0 Å². The molecule has 1 fully saturated rings. The van der Waals surface area contributed by atoms with Crippen molar-refractivity contribution in [1.29, 1.82) is 5.26 Å². The first-order chi connectivity index (χ1) is 10.2. The van der Waals surface area contributed by atoms with Crippen LogP contribution in [0.2, 0.25) is 0 Å². The molecule has 1 saturated heterocycles. The highest BCUT2D eigenvalue weighted by Gasteiger charge is 2.26. The third-order valence-corrected chi connectivity index (χ3v) is 4.52. The van der Waals surface area contributed by atoms with E-state index in [1.165, 1.54) is 11.6 Å². The monoisotopic (exact) mass is 345 g/mol. The molecular formula is C16H13BrFN3. The lowest BCUT2D eigenvalue weighted by atomic mass is 10.00. The number of rotatable bonds is 2. The molecule has 3 rings (SSSR count). The number of hydrogen-bond acceptors (Lipinski definition) is 3. The van der Waals surface area contributed by atoms with Gasteiger partial charge in [-0.3, -0.25) is 4.98 Å². The van der Waals surface area contributed by atoms with E-state index >= 15 is 0 Å². The van der Waals surface area contributed by atoms with Gasteiger partial charge in [-0.15, -0.1) is 0 Å². The van der Waals surface area contributed by atoms with Crippen LogP contribution in [0.25, 0.3) is 0 Å². The summed E-state index contributed by atoms with van der Waals surface area (Å²) in [4.78, 5) is 6.06. The number of benzene rings is 1. The van der Waals surface area contributed by atoms with Crippen molar-refractivity contribution in [3.8, 4) is 6.07 Å². The van der Waals surface area contributed by atoms with Gasteiger partial charge in [-0.25, -0.2) is 4.39 Å². The standard InChI is InChI=1S/C16H13BrFN3/c17-14-8-16(15(18)7-13(14)9-19)21-6-3-12(10-21)11-1-4-20-5-2-11/h1-2,4-5,7-8,12H,3,6,10H2. The summed E-state index contributed by atoms with van der Waals surface area (Å²) in [5.41, 5.74) is 2.11. The molecule has 21 heavy (non-hydrogen) atoms. The predicted octanol–water partition coefficient (Wildman–Crippen LogP) is 3.85. The summed E-state index contributed by atoms with van der Waals surface area (Å²) in [5, 5.41) is 8.92. The predicted molar refractivity (Wildman–Crippen MR) is 82.6 cm³/mol. The first-order valence-corrected chi connectivity index (χ1v) is 7.52. The summed E-state index contributed by atoms with van der Waals surface area (Å²) in [7, 11) is 0. The first kappa shape index (κ1) is 14.0. The van der Waals surface area contributed by atoms with Crippen LogP contribution in [-0.2, 0) is 0 Å². The lowest BCUT2D eigenvalue weighted by Gasteiger charge is -2.20. The van der Waals surface area contributed by atoms with Gasteiger partial charge in [0.2, 0.25) is 0 Å². The third kappa shape index (κ3) is 2.77. The molecule has 2 heterocycles. The fraction of sp³-hybridized carbons (Fsp3) is 0.250. The smallest absolute Gasteiger partial charge is 0.147 e. The largest absolute Gasteiger partial charge is 0.369 e. The highest BCUT2D eigenvalue weighted by atomic mass is 79.9. The fourth-order valence-electron chi connectivity index (χ4n) is 2.75. The molecule has 1 aromatic heterocycles. The average Bonchev–Trinajstić information content (AvgIpc) is 2.99. The Bertz CT molecular complexity index is 697. The zero-order chi connectivity index (χ0) is 14.8. The SMILES string of the molecule is N#Cc1cc(F)c(N2CCC(c3ccncc3)C2)cc1Br. The van der Waals surface area contributed by atoms with E-state index in [1.807, 2.05) is 23.1 Å². The molecule has 106 valence electrons. The molecule has 1 aromatic carbocycles. The van der Waals surface area contributed by atoms with Crippen LogP contribution in [0.1, 0.15) is 23.5 Å². The maximum atomic E-state index is 14.2. The van der Waals surface area contributed by atoms with Gasteiger partial charge in [0.1, 0.15) is 11.9 Å². The zero-order valence-electron chi connectivity index (χ0n) is 11.3. The van der Waals surface area contributed by atoms with Gasteiger partial charge in [0.25, 0.3) is 0 Å².